The van der Waals surface area contributed by atoms with Crippen LogP contribution in [0.2, 0.25) is 0 Å². The number of unbranched alkanes of at least 4 members (excludes halogenated alkanes) is 1. The molecule has 0 saturated carbocycles. The fourth-order valence-electron chi connectivity index (χ4n) is 3.08. The first-order chi connectivity index (χ1) is 13.5. The lowest BCUT2D eigenvalue weighted by atomic mass is 9.99. The summed E-state index contributed by atoms with van der Waals surface area (Å²) in [4.78, 5) is 24.3. The summed E-state index contributed by atoms with van der Waals surface area (Å²) in [5.74, 6) is 0.0241. The molecular weight excluding hydrogens is 354 g/mol. The Hall–Kier alpha value is -2.63. The van der Waals surface area contributed by atoms with E-state index in [1.807, 2.05) is 19.1 Å². The summed E-state index contributed by atoms with van der Waals surface area (Å²) in [5, 5.41) is 7.35. The zero-order chi connectivity index (χ0) is 20.5. The molecular formula is C22H31N3O3. The minimum atomic E-state index is -0.436. The predicted octanol–water partition coefficient (Wildman–Crippen LogP) is 4.30. The molecule has 6 nitrogen and oxygen atoms in total. The van der Waals surface area contributed by atoms with Gasteiger partial charge in [-0.25, -0.2) is 9.48 Å². The highest BCUT2D eigenvalue weighted by molar-refractivity contribution is 5.94. The highest BCUT2D eigenvalue weighted by atomic mass is 16.5. The number of nitrogens with one attached hydrogen (secondary N) is 1. The summed E-state index contributed by atoms with van der Waals surface area (Å²) >= 11 is 0. The van der Waals surface area contributed by atoms with Crippen LogP contribution in [-0.4, -0.2) is 34.8 Å². The Labute approximate surface area is 167 Å². The number of hydrogen-bond donors (Lipinski definition) is 1. The molecule has 1 aromatic heterocycles. The summed E-state index contributed by atoms with van der Waals surface area (Å²) in [6, 6.07) is 8.92. The standard InChI is InChI=1S/C22H31N3O3/c1-5-8-9-17(6-2)15-23-21(26)18-10-12-19(13-11-18)25-16(4)14-20(24-25)22(27)28-7-3/h10-14,17H,5-9,15H2,1-4H3,(H,23,26). The first-order valence-corrected chi connectivity index (χ1v) is 10.1. The van der Waals surface area contributed by atoms with Crippen LogP contribution < -0.4 is 5.32 Å². The summed E-state index contributed by atoms with van der Waals surface area (Å²) in [5.41, 5.74) is 2.50. The Kier molecular flexibility index (Phi) is 8.23. The van der Waals surface area contributed by atoms with Gasteiger partial charge in [0.05, 0.1) is 12.3 Å². The second kappa shape index (κ2) is 10.6. The average Bonchev–Trinajstić information content (AvgIpc) is 3.10. The highest BCUT2D eigenvalue weighted by Gasteiger charge is 2.15. The van der Waals surface area contributed by atoms with E-state index in [4.69, 9.17) is 4.74 Å². The van der Waals surface area contributed by atoms with E-state index in [1.54, 1.807) is 29.8 Å². The van der Waals surface area contributed by atoms with Crippen LogP contribution >= 0.6 is 0 Å². The number of hydrogen-bond acceptors (Lipinski definition) is 4. The smallest absolute Gasteiger partial charge is 0.358 e. The fourth-order valence-corrected chi connectivity index (χ4v) is 3.08. The van der Waals surface area contributed by atoms with Crippen LogP contribution in [0.1, 0.15) is 73.0 Å². The quantitative estimate of drug-likeness (QED) is 0.619. The van der Waals surface area contributed by atoms with Crippen molar-refractivity contribution in [2.45, 2.75) is 53.4 Å². The van der Waals surface area contributed by atoms with Gasteiger partial charge in [-0.1, -0.05) is 33.1 Å². The van der Waals surface area contributed by atoms with Crippen molar-refractivity contribution in [2.75, 3.05) is 13.2 Å². The lowest BCUT2D eigenvalue weighted by molar-refractivity contribution is 0.0518. The summed E-state index contributed by atoms with van der Waals surface area (Å²) in [6.07, 6.45) is 4.59. The molecule has 2 aromatic rings. The first-order valence-electron chi connectivity index (χ1n) is 10.1. The van der Waals surface area contributed by atoms with Crippen LogP contribution in [0, 0.1) is 12.8 Å². The van der Waals surface area contributed by atoms with Crippen molar-refractivity contribution >= 4 is 11.9 Å². The Bertz CT molecular complexity index is 781. The Balaban J connectivity index is 2.03. The van der Waals surface area contributed by atoms with Crippen LogP contribution in [-0.2, 0) is 4.74 Å². The topological polar surface area (TPSA) is 73.2 Å². The zero-order valence-corrected chi connectivity index (χ0v) is 17.3. The van der Waals surface area contributed by atoms with Crippen molar-refractivity contribution in [3.8, 4) is 5.69 Å². The summed E-state index contributed by atoms with van der Waals surface area (Å²) in [7, 11) is 0. The Morgan fingerprint density at radius 1 is 1.18 bits per heavy atom. The number of ether oxygens (including phenoxy) is 1. The molecule has 152 valence electrons. The molecule has 0 spiro atoms. The third kappa shape index (κ3) is 5.68. The summed E-state index contributed by atoms with van der Waals surface area (Å²) in [6.45, 7) is 9.00. The highest BCUT2D eigenvalue weighted by Crippen LogP contribution is 2.15. The molecule has 1 unspecified atom stereocenters. The first kappa shape index (κ1) is 21.7. The number of nitrogens with zero attached hydrogens (tertiary/aromatic N) is 2. The predicted molar refractivity (Wildman–Crippen MR) is 110 cm³/mol. The van der Waals surface area contributed by atoms with Crippen molar-refractivity contribution in [2.24, 2.45) is 5.92 Å². The fraction of sp³-hybridized carbons (Fsp3) is 0.500. The van der Waals surface area contributed by atoms with E-state index in [0.717, 1.165) is 24.2 Å². The lowest BCUT2D eigenvalue weighted by Crippen LogP contribution is -2.29. The number of carbonyl (C=O) groups is 2. The molecule has 6 heteroatoms. The monoisotopic (exact) mass is 385 g/mol. The van der Waals surface area contributed by atoms with E-state index in [9.17, 15) is 9.59 Å². The molecule has 2 rings (SSSR count). The van der Waals surface area contributed by atoms with Crippen LogP contribution in [0.5, 0.6) is 0 Å². The number of amides is 1. The maximum absolute atomic E-state index is 12.4. The molecule has 1 atom stereocenters. The van der Waals surface area contributed by atoms with Gasteiger partial charge in [0.1, 0.15) is 0 Å². The number of aryl methyl sites for hydroxylation is 1. The second-order valence-corrected chi connectivity index (χ2v) is 6.98. The van der Waals surface area contributed by atoms with Gasteiger partial charge in [-0.3, -0.25) is 4.79 Å². The molecule has 28 heavy (non-hydrogen) atoms. The average molecular weight is 386 g/mol. The van der Waals surface area contributed by atoms with E-state index in [1.165, 1.54) is 12.8 Å². The van der Waals surface area contributed by atoms with Crippen molar-refractivity contribution < 1.29 is 14.3 Å². The molecule has 1 aromatic carbocycles. The van der Waals surface area contributed by atoms with Crippen molar-refractivity contribution in [1.29, 1.82) is 0 Å². The van der Waals surface area contributed by atoms with Gasteiger partial charge in [0.2, 0.25) is 0 Å². The molecule has 0 saturated heterocycles. The van der Waals surface area contributed by atoms with Gasteiger partial charge in [-0.2, -0.15) is 5.10 Å². The SMILES string of the molecule is CCCCC(CC)CNC(=O)c1ccc(-n2nc(C(=O)OCC)cc2C)cc1. The third-order valence-corrected chi connectivity index (χ3v) is 4.84. The molecule has 0 radical (unpaired) electrons. The lowest BCUT2D eigenvalue weighted by Gasteiger charge is -2.15. The van der Waals surface area contributed by atoms with E-state index in [2.05, 4.69) is 24.3 Å². The minimum Gasteiger partial charge on any atom is -0.461 e. The van der Waals surface area contributed by atoms with Gasteiger partial charge < -0.3 is 10.1 Å². The van der Waals surface area contributed by atoms with Crippen molar-refractivity contribution in [1.82, 2.24) is 15.1 Å². The number of esters is 1. The van der Waals surface area contributed by atoms with Gasteiger partial charge in [0, 0.05) is 17.8 Å². The minimum absolute atomic E-state index is 0.0640. The van der Waals surface area contributed by atoms with E-state index >= 15 is 0 Å². The van der Waals surface area contributed by atoms with Crippen LogP contribution in [0.25, 0.3) is 5.69 Å². The molecule has 0 bridgehead atoms. The largest absolute Gasteiger partial charge is 0.461 e. The van der Waals surface area contributed by atoms with Crippen LogP contribution in [0.3, 0.4) is 0 Å². The maximum atomic E-state index is 12.4. The number of aromatic nitrogens is 2. The van der Waals surface area contributed by atoms with Crippen LogP contribution in [0.15, 0.2) is 30.3 Å². The molecule has 0 aliphatic carbocycles. The van der Waals surface area contributed by atoms with Gasteiger partial charge in [0.25, 0.3) is 5.91 Å². The third-order valence-electron chi connectivity index (χ3n) is 4.84. The molecule has 1 heterocycles. The molecule has 1 N–H and O–H groups in total. The number of benzene rings is 1. The van der Waals surface area contributed by atoms with E-state index in [-0.39, 0.29) is 11.6 Å². The number of carbonyl (C=O) groups excluding carboxylic acids is 2. The number of rotatable bonds is 10. The van der Waals surface area contributed by atoms with E-state index < -0.39 is 5.97 Å². The van der Waals surface area contributed by atoms with Gasteiger partial charge in [0.15, 0.2) is 5.69 Å². The summed E-state index contributed by atoms with van der Waals surface area (Å²) < 4.78 is 6.67. The van der Waals surface area contributed by atoms with Crippen molar-refractivity contribution in [3.05, 3.63) is 47.3 Å². The van der Waals surface area contributed by atoms with Gasteiger partial charge in [-0.05, 0) is 56.5 Å². The molecule has 0 aliphatic heterocycles. The molecule has 0 fully saturated rings. The van der Waals surface area contributed by atoms with E-state index in [0.29, 0.717) is 24.6 Å². The Morgan fingerprint density at radius 2 is 1.89 bits per heavy atom. The van der Waals surface area contributed by atoms with Crippen molar-refractivity contribution in [3.63, 3.8) is 0 Å². The van der Waals surface area contributed by atoms with Gasteiger partial charge >= 0.3 is 5.97 Å². The zero-order valence-electron chi connectivity index (χ0n) is 17.3. The molecule has 0 aliphatic rings. The van der Waals surface area contributed by atoms with Crippen LogP contribution in [0.4, 0.5) is 0 Å². The second-order valence-electron chi connectivity index (χ2n) is 6.98. The normalized spacial score (nSPS) is 11.9. The van der Waals surface area contributed by atoms with Gasteiger partial charge in [-0.15, -0.1) is 0 Å². The molecule has 1 amide bonds. The Morgan fingerprint density at radius 3 is 2.50 bits per heavy atom. The maximum Gasteiger partial charge on any atom is 0.358 e.